The number of nitrogens with one attached hydrogen (secondary N) is 2. The number of anilines is 1. The van der Waals surface area contributed by atoms with Crippen molar-refractivity contribution in [3.05, 3.63) is 53.3 Å². The third kappa shape index (κ3) is 2.46. The molecule has 0 spiro atoms. The van der Waals surface area contributed by atoms with E-state index < -0.39 is 6.10 Å². The Bertz CT molecular complexity index is 885. The third-order valence-electron chi connectivity index (χ3n) is 4.18. The minimum Gasteiger partial charge on any atom is -0.480 e. The molecule has 2 aromatic heterocycles. The molecule has 0 fully saturated rings. The Hall–Kier alpha value is -3.02. The molecule has 24 heavy (non-hydrogen) atoms. The van der Waals surface area contributed by atoms with Crippen molar-refractivity contribution < 1.29 is 13.9 Å². The number of furan rings is 1. The number of aromatic nitrogens is 2. The molecule has 0 aliphatic carbocycles. The van der Waals surface area contributed by atoms with Gasteiger partial charge in [0.25, 0.3) is 5.91 Å². The summed E-state index contributed by atoms with van der Waals surface area (Å²) >= 11 is 0. The van der Waals surface area contributed by atoms with E-state index in [0.717, 1.165) is 28.3 Å². The number of hydrogen-bond donors (Lipinski definition) is 2. The molecule has 2 N–H and O–H groups in total. The number of amides is 1. The van der Waals surface area contributed by atoms with Crippen molar-refractivity contribution in [3.8, 4) is 17.2 Å². The lowest BCUT2D eigenvalue weighted by Crippen LogP contribution is -2.31. The Morgan fingerprint density at radius 3 is 2.83 bits per heavy atom. The molecule has 0 saturated carbocycles. The number of carbonyl (C=O) groups excluding carboxylic acids is 1. The molecular weight excluding hydrogens is 306 g/mol. The molecule has 122 valence electrons. The van der Waals surface area contributed by atoms with Crippen LogP contribution in [0.3, 0.4) is 0 Å². The lowest BCUT2D eigenvalue weighted by atomic mass is 10.1. The second kappa shape index (κ2) is 5.56. The van der Waals surface area contributed by atoms with Gasteiger partial charge in [0.1, 0.15) is 17.2 Å². The van der Waals surface area contributed by atoms with Crippen LogP contribution in [0.25, 0.3) is 11.5 Å². The number of nitrogens with zero attached hydrogens (tertiary/aromatic N) is 1. The second-order valence-corrected chi connectivity index (χ2v) is 5.89. The molecule has 1 aliphatic rings. The number of hydrogen-bond acceptors (Lipinski definition) is 4. The minimum absolute atomic E-state index is 0.206. The van der Waals surface area contributed by atoms with E-state index in [1.807, 2.05) is 50.2 Å². The van der Waals surface area contributed by atoms with Crippen molar-refractivity contribution >= 4 is 11.7 Å². The molecule has 1 aromatic carbocycles. The number of fused-ring (bicyclic) bond motifs is 1. The Morgan fingerprint density at radius 2 is 2.08 bits per heavy atom. The van der Waals surface area contributed by atoms with Gasteiger partial charge in [-0.05, 0) is 37.6 Å². The molecule has 0 unspecified atom stereocenters. The maximum absolute atomic E-state index is 12.5. The van der Waals surface area contributed by atoms with Gasteiger partial charge in [-0.15, -0.1) is 0 Å². The van der Waals surface area contributed by atoms with Crippen LogP contribution in [0.5, 0.6) is 5.75 Å². The molecule has 6 heteroatoms. The van der Waals surface area contributed by atoms with Crippen molar-refractivity contribution in [2.45, 2.75) is 26.4 Å². The number of benzene rings is 1. The van der Waals surface area contributed by atoms with Crippen LogP contribution >= 0.6 is 0 Å². The molecule has 1 aliphatic heterocycles. The van der Waals surface area contributed by atoms with Gasteiger partial charge in [-0.3, -0.25) is 9.89 Å². The molecule has 6 nitrogen and oxygen atoms in total. The number of aryl methyl sites for hydroxylation is 1. The summed E-state index contributed by atoms with van der Waals surface area (Å²) in [7, 11) is 0. The fourth-order valence-electron chi connectivity index (χ4n) is 2.85. The van der Waals surface area contributed by atoms with Crippen molar-refractivity contribution in [2.24, 2.45) is 0 Å². The summed E-state index contributed by atoms with van der Waals surface area (Å²) in [6.07, 6.45) is 0.0308. The highest BCUT2D eigenvalue weighted by atomic mass is 16.5. The predicted octanol–water partition coefficient (Wildman–Crippen LogP) is 3.23. The van der Waals surface area contributed by atoms with Gasteiger partial charge in [-0.1, -0.05) is 18.2 Å². The van der Waals surface area contributed by atoms with Gasteiger partial charge in [0.05, 0.1) is 0 Å². The molecule has 0 saturated heterocycles. The van der Waals surface area contributed by atoms with E-state index in [2.05, 4.69) is 15.5 Å². The van der Waals surface area contributed by atoms with Crippen LogP contribution in [-0.4, -0.2) is 22.2 Å². The number of para-hydroxylation sites is 1. The van der Waals surface area contributed by atoms with Crippen LogP contribution in [0.4, 0.5) is 5.82 Å². The molecular formula is C18H17N3O3. The Balaban J connectivity index is 1.50. The van der Waals surface area contributed by atoms with E-state index in [-0.39, 0.29) is 5.91 Å². The van der Waals surface area contributed by atoms with Crippen LogP contribution < -0.4 is 10.1 Å². The third-order valence-corrected chi connectivity index (χ3v) is 4.18. The standard InChI is InChI=1S/C18H17N3O3/c1-10-7-8-14(23-10)16-11(2)17(21-20-16)19-18(22)15-9-12-5-3-4-6-13(12)24-15/h3-8,15H,9H2,1-2H3,(H2,19,20,21,22)/t15-/m1/s1. The smallest absolute Gasteiger partial charge is 0.267 e. The normalized spacial score (nSPS) is 15.8. The van der Waals surface area contributed by atoms with E-state index in [1.54, 1.807) is 0 Å². The highest BCUT2D eigenvalue weighted by Gasteiger charge is 2.29. The van der Waals surface area contributed by atoms with Crippen LogP contribution in [-0.2, 0) is 11.2 Å². The van der Waals surface area contributed by atoms with E-state index in [0.29, 0.717) is 18.0 Å². The van der Waals surface area contributed by atoms with Crippen molar-refractivity contribution in [2.75, 3.05) is 5.32 Å². The number of H-pyrrole nitrogens is 1. The molecule has 3 aromatic rings. The van der Waals surface area contributed by atoms with E-state index in [9.17, 15) is 4.79 Å². The van der Waals surface area contributed by atoms with Gasteiger partial charge >= 0.3 is 0 Å². The zero-order valence-corrected chi connectivity index (χ0v) is 13.4. The quantitative estimate of drug-likeness (QED) is 0.775. The highest BCUT2D eigenvalue weighted by Crippen LogP contribution is 2.30. The maximum Gasteiger partial charge on any atom is 0.267 e. The number of carbonyl (C=O) groups is 1. The molecule has 0 radical (unpaired) electrons. The van der Waals surface area contributed by atoms with E-state index >= 15 is 0 Å². The summed E-state index contributed by atoms with van der Waals surface area (Å²) in [4.78, 5) is 12.5. The molecule has 0 bridgehead atoms. The average Bonchev–Trinajstić information content (AvgIpc) is 3.27. The zero-order chi connectivity index (χ0) is 16.7. The predicted molar refractivity (Wildman–Crippen MR) is 89.0 cm³/mol. The average molecular weight is 323 g/mol. The SMILES string of the molecule is Cc1ccc(-c2[nH]nc(NC(=O)[C@H]3Cc4ccccc4O3)c2C)o1. The van der Waals surface area contributed by atoms with Crippen LogP contribution in [0, 0.1) is 13.8 Å². The monoisotopic (exact) mass is 323 g/mol. The molecule has 4 rings (SSSR count). The first-order valence-electron chi connectivity index (χ1n) is 7.79. The topological polar surface area (TPSA) is 80.2 Å². The van der Waals surface area contributed by atoms with Gasteiger partial charge in [-0.25, -0.2) is 0 Å². The Kier molecular flexibility index (Phi) is 3.37. The molecule has 1 atom stereocenters. The summed E-state index contributed by atoms with van der Waals surface area (Å²) in [5, 5.41) is 9.94. The summed E-state index contributed by atoms with van der Waals surface area (Å²) in [5.41, 5.74) is 2.63. The summed E-state index contributed by atoms with van der Waals surface area (Å²) in [6, 6.07) is 11.4. The Morgan fingerprint density at radius 1 is 1.25 bits per heavy atom. The first-order valence-corrected chi connectivity index (χ1v) is 7.79. The highest BCUT2D eigenvalue weighted by molar-refractivity contribution is 5.95. The van der Waals surface area contributed by atoms with Gasteiger partial charge in [0.2, 0.25) is 0 Å². The summed E-state index contributed by atoms with van der Waals surface area (Å²) in [6.45, 7) is 3.77. The van der Waals surface area contributed by atoms with E-state index in [1.165, 1.54) is 0 Å². The number of aromatic amines is 1. The van der Waals surface area contributed by atoms with Crippen LogP contribution in [0.15, 0.2) is 40.8 Å². The minimum atomic E-state index is -0.534. The first kappa shape index (κ1) is 14.6. The van der Waals surface area contributed by atoms with Crippen molar-refractivity contribution in [1.82, 2.24) is 10.2 Å². The lowest BCUT2D eigenvalue weighted by Gasteiger charge is -2.10. The number of ether oxygens (including phenoxy) is 1. The first-order chi connectivity index (χ1) is 11.6. The van der Waals surface area contributed by atoms with Gasteiger partial charge < -0.3 is 14.5 Å². The van der Waals surface area contributed by atoms with Gasteiger partial charge in [0, 0.05) is 12.0 Å². The lowest BCUT2D eigenvalue weighted by molar-refractivity contribution is -0.122. The second-order valence-electron chi connectivity index (χ2n) is 5.89. The fourth-order valence-corrected chi connectivity index (χ4v) is 2.85. The fraction of sp³-hybridized carbons (Fsp3) is 0.222. The zero-order valence-electron chi connectivity index (χ0n) is 13.4. The summed E-state index contributed by atoms with van der Waals surface area (Å²) in [5.74, 6) is 2.57. The van der Waals surface area contributed by atoms with Gasteiger partial charge in [0.15, 0.2) is 17.7 Å². The maximum atomic E-state index is 12.5. The van der Waals surface area contributed by atoms with Crippen molar-refractivity contribution in [3.63, 3.8) is 0 Å². The number of rotatable bonds is 3. The van der Waals surface area contributed by atoms with Crippen LogP contribution in [0.1, 0.15) is 16.9 Å². The van der Waals surface area contributed by atoms with E-state index in [4.69, 9.17) is 9.15 Å². The van der Waals surface area contributed by atoms with Crippen LogP contribution in [0.2, 0.25) is 0 Å². The summed E-state index contributed by atoms with van der Waals surface area (Å²) < 4.78 is 11.3. The Labute approximate surface area is 138 Å². The molecule has 1 amide bonds. The van der Waals surface area contributed by atoms with Gasteiger partial charge in [-0.2, -0.15) is 5.10 Å². The molecule has 3 heterocycles. The largest absolute Gasteiger partial charge is 0.480 e. The van der Waals surface area contributed by atoms with Crippen molar-refractivity contribution in [1.29, 1.82) is 0 Å².